The fourth-order valence-electron chi connectivity index (χ4n) is 3.97. The van der Waals surface area contributed by atoms with Gasteiger partial charge >= 0.3 is 0 Å². The molecule has 31 heavy (non-hydrogen) atoms. The summed E-state index contributed by atoms with van der Waals surface area (Å²) in [5.74, 6) is 1.06. The van der Waals surface area contributed by atoms with E-state index >= 15 is 0 Å². The first kappa shape index (κ1) is 20.8. The van der Waals surface area contributed by atoms with Crippen molar-refractivity contribution < 1.29 is 9.53 Å². The number of amides is 1. The lowest BCUT2D eigenvalue weighted by molar-refractivity contribution is -0.134. The number of benzene rings is 2. The van der Waals surface area contributed by atoms with Gasteiger partial charge in [-0.25, -0.2) is 0 Å². The summed E-state index contributed by atoms with van der Waals surface area (Å²) in [5.41, 5.74) is 2.01. The van der Waals surface area contributed by atoms with E-state index in [-0.39, 0.29) is 17.9 Å². The van der Waals surface area contributed by atoms with E-state index < -0.39 is 0 Å². The minimum atomic E-state index is -0.319. The molecular formula is C25H28N4O2. The largest absolute Gasteiger partial charge is 0.471 e. The zero-order chi connectivity index (χ0) is 21.6. The molecule has 1 fully saturated rings. The quantitative estimate of drug-likeness (QED) is 0.613. The van der Waals surface area contributed by atoms with Crippen LogP contribution in [-0.2, 0) is 4.79 Å². The number of piperidine rings is 1. The Bertz CT molecular complexity index is 938. The normalized spacial score (nSPS) is 16.2. The van der Waals surface area contributed by atoms with Crippen molar-refractivity contribution >= 4 is 11.7 Å². The zero-order valence-electron chi connectivity index (χ0n) is 18.0. The Hall–Kier alpha value is -3.41. The van der Waals surface area contributed by atoms with Gasteiger partial charge in [-0.1, -0.05) is 60.7 Å². The molecule has 1 aliphatic rings. The van der Waals surface area contributed by atoms with E-state index in [9.17, 15) is 4.79 Å². The summed E-state index contributed by atoms with van der Waals surface area (Å²) in [6, 6.07) is 23.7. The van der Waals surface area contributed by atoms with Gasteiger partial charge in [-0.2, -0.15) is 0 Å². The number of anilines is 1. The number of aromatic nitrogens is 2. The number of likely N-dealkylation sites (tertiary alicyclic amines) is 1. The van der Waals surface area contributed by atoms with Crippen molar-refractivity contribution in [1.29, 1.82) is 0 Å². The summed E-state index contributed by atoms with van der Waals surface area (Å²) in [7, 11) is 3.84. The molecule has 160 valence electrons. The molecule has 0 saturated carbocycles. The maximum atomic E-state index is 13.7. The lowest BCUT2D eigenvalue weighted by Crippen LogP contribution is -2.46. The molecule has 6 nitrogen and oxygen atoms in total. The Morgan fingerprint density at radius 1 is 0.968 bits per heavy atom. The molecule has 0 radical (unpaired) electrons. The Balaban J connectivity index is 1.50. The molecule has 0 N–H and O–H groups in total. The smallest absolute Gasteiger partial charge is 0.234 e. The molecule has 4 rings (SSSR count). The van der Waals surface area contributed by atoms with Crippen LogP contribution in [0.3, 0.4) is 0 Å². The molecule has 2 heterocycles. The Labute approximate surface area is 183 Å². The number of hydrogen-bond acceptors (Lipinski definition) is 5. The van der Waals surface area contributed by atoms with Crippen molar-refractivity contribution in [2.24, 2.45) is 0 Å². The van der Waals surface area contributed by atoms with E-state index in [1.54, 1.807) is 0 Å². The summed E-state index contributed by atoms with van der Waals surface area (Å²) >= 11 is 0. The van der Waals surface area contributed by atoms with Gasteiger partial charge in [-0.3, -0.25) is 4.79 Å². The highest BCUT2D eigenvalue weighted by molar-refractivity contribution is 5.87. The van der Waals surface area contributed by atoms with Crippen molar-refractivity contribution in [2.45, 2.75) is 24.9 Å². The lowest BCUT2D eigenvalue weighted by atomic mass is 9.89. The van der Waals surface area contributed by atoms with E-state index in [4.69, 9.17) is 4.74 Å². The first-order chi connectivity index (χ1) is 15.1. The van der Waals surface area contributed by atoms with Crippen LogP contribution in [0.4, 0.5) is 5.82 Å². The Kier molecular flexibility index (Phi) is 6.46. The third-order valence-corrected chi connectivity index (χ3v) is 5.57. The predicted molar refractivity (Wildman–Crippen MR) is 121 cm³/mol. The summed E-state index contributed by atoms with van der Waals surface area (Å²) < 4.78 is 6.08. The highest BCUT2D eigenvalue weighted by atomic mass is 16.5. The molecular weight excluding hydrogens is 388 g/mol. The first-order valence-corrected chi connectivity index (χ1v) is 10.7. The molecule has 0 bridgehead atoms. The van der Waals surface area contributed by atoms with Crippen LogP contribution in [0.25, 0.3) is 0 Å². The third-order valence-electron chi connectivity index (χ3n) is 5.57. The predicted octanol–water partition coefficient (Wildman–Crippen LogP) is 3.74. The van der Waals surface area contributed by atoms with Crippen LogP contribution in [0.15, 0.2) is 72.8 Å². The van der Waals surface area contributed by atoms with Gasteiger partial charge in [0.05, 0.1) is 12.5 Å². The maximum Gasteiger partial charge on any atom is 0.234 e. The maximum absolute atomic E-state index is 13.7. The van der Waals surface area contributed by atoms with Crippen LogP contribution in [0.1, 0.15) is 29.9 Å². The van der Waals surface area contributed by atoms with Crippen LogP contribution in [0, 0.1) is 0 Å². The molecule has 1 aromatic heterocycles. The standard InChI is InChI=1S/C25H28N4O2/c1-28(2)22-15-16-23(27-26-22)31-21-14-9-17-29(18-21)25(30)24(19-10-5-3-6-11-19)20-12-7-4-8-13-20/h3-8,10-13,15-16,21,24H,9,14,17-18H2,1-2H3. The second-order valence-corrected chi connectivity index (χ2v) is 8.04. The van der Waals surface area contributed by atoms with Crippen LogP contribution in [0.2, 0.25) is 0 Å². The highest BCUT2D eigenvalue weighted by Crippen LogP contribution is 2.28. The lowest BCUT2D eigenvalue weighted by Gasteiger charge is -2.35. The van der Waals surface area contributed by atoms with Crippen molar-refractivity contribution in [3.05, 3.63) is 83.9 Å². The summed E-state index contributed by atoms with van der Waals surface area (Å²) in [5, 5.41) is 8.35. The zero-order valence-corrected chi connectivity index (χ0v) is 18.0. The first-order valence-electron chi connectivity index (χ1n) is 10.7. The SMILES string of the molecule is CN(C)c1ccc(OC2CCCN(C(=O)C(c3ccccc3)c3ccccc3)C2)nn1. The van der Waals surface area contributed by atoms with Crippen molar-refractivity contribution in [3.63, 3.8) is 0 Å². The van der Waals surface area contributed by atoms with Crippen molar-refractivity contribution in [2.75, 3.05) is 32.1 Å². The number of nitrogens with zero attached hydrogens (tertiary/aromatic N) is 4. The molecule has 3 aromatic rings. The number of carbonyl (C=O) groups is 1. The van der Waals surface area contributed by atoms with E-state index in [1.807, 2.05) is 96.7 Å². The van der Waals surface area contributed by atoms with Gasteiger partial charge in [0.2, 0.25) is 11.8 Å². The number of rotatable bonds is 6. The van der Waals surface area contributed by atoms with E-state index in [0.29, 0.717) is 12.4 Å². The van der Waals surface area contributed by atoms with Gasteiger partial charge in [-0.05, 0) is 30.0 Å². The van der Waals surface area contributed by atoms with Crippen LogP contribution in [-0.4, -0.2) is 54.3 Å². The highest BCUT2D eigenvalue weighted by Gasteiger charge is 2.31. The van der Waals surface area contributed by atoms with Crippen LogP contribution in [0.5, 0.6) is 5.88 Å². The molecule has 1 aliphatic heterocycles. The van der Waals surface area contributed by atoms with Crippen LogP contribution >= 0.6 is 0 Å². The average molecular weight is 417 g/mol. The van der Waals surface area contributed by atoms with Gasteiger partial charge < -0.3 is 14.5 Å². The minimum absolute atomic E-state index is 0.0931. The fraction of sp³-hybridized carbons (Fsp3) is 0.320. The minimum Gasteiger partial charge on any atom is -0.471 e. The molecule has 1 saturated heterocycles. The molecule has 2 aromatic carbocycles. The van der Waals surface area contributed by atoms with Gasteiger partial charge in [0, 0.05) is 26.7 Å². The molecule has 0 aliphatic carbocycles. The monoisotopic (exact) mass is 416 g/mol. The molecule has 1 amide bonds. The van der Waals surface area contributed by atoms with Crippen LogP contribution < -0.4 is 9.64 Å². The van der Waals surface area contributed by atoms with Crippen molar-refractivity contribution in [1.82, 2.24) is 15.1 Å². The molecule has 0 spiro atoms. The molecule has 1 unspecified atom stereocenters. The summed E-state index contributed by atoms with van der Waals surface area (Å²) in [6.07, 6.45) is 1.70. The average Bonchev–Trinajstić information content (AvgIpc) is 2.81. The summed E-state index contributed by atoms with van der Waals surface area (Å²) in [6.45, 7) is 1.28. The second kappa shape index (κ2) is 9.60. The van der Waals surface area contributed by atoms with Gasteiger partial charge in [-0.15, -0.1) is 10.2 Å². The Morgan fingerprint density at radius 2 is 1.61 bits per heavy atom. The Morgan fingerprint density at radius 3 is 2.16 bits per heavy atom. The van der Waals surface area contributed by atoms with E-state index in [2.05, 4.69) is 10.2 Å². The number of hydrogen-bond donors (Lipinski definition) is 0. The van der Waals surface area contributed by atoms with Gasteiger partial charge in [0.15, 0.2) is 5.82 Å². The number of carbonyl (C=O) groups excluding carboxylic acids is 1. The fourth-order valence-corrected chi connectivity index (χ4v) is 3.97. The topological polar surface area (TPSA) is 58.6 Å². The van der Waals surface area contributed by atoms with Crippen molar-refractivity contribution in [3.8, 4) is 5.88 Å². The van der Waals surface area contributed by atoms with E-state index in [0.717, 1.165) is 36.3 Å². The molecule has 6 heteroatoms. The van der Waals surface area contributed by atoms with E-state index in [1.165, 1.54) is 0 Å². The second-order valence-electron chi connectivity index (χ2n) is 8.04. The van der Waals surface area contributed by atoms with Gasteiger partial charge in [0.1, 0.15) is 6.10 Å². The number of ether oxygens (including phenoxy) is 1. The van der Waals surface area contributed by atoms with Gasteiger partial charge in [0.25, 0.3) is 0 Å². The molecule has 1 atom stereocenters. The summed E-state index contributed by atoms with van der Waals surface area (Å²) in [4.78, 5) is 17.5. The third kappa shape index (κ3) is 5.02.